The number of fused-ring (bicyclic) bond motifs is 2. The molecule has 1 saturated heterocycles. The van der Waals surface area contributed by atoms with E-state index < -0.39 is 17.7 Å². The Morgan fingerprint density at radius 1 is 1.24 bits per heavy atom. The number of aryl methyl sites for hydroxylation is 1. The maximum atomic E-state index is 14.0. The van der Waals surface area contributed by atoms with Crippen molar-refractivity contribution in [2.45, 2.75) is 31.8 Å². The minimum atomic E-state index is -1.00. The minimum absolute atomic E-state index is 0.191. The van der Waals surface area contributed by atoms with Gasteiger partial charge in [0.25, 0.3) is 0 Å². The first-order valence-corrected chi connectivity index (χ1v) is 11.0. The Balaban J connectivity index is 1.66. The third kappa shape index (κ3) is 3.74. The number of anilines is 1. The van der Waals surface area contributed by atoms with Gasteiger partial charge in [0, 0.05) is 36.3 Å². The van der Waals surface area contributed by atoms with Crippen LogP contribution in [0.15, 0.2) is 36.5 Å². The zero-order chi connectivity index (χ0) is 24.0. The molecule has 34 heavy (non-hydrogen) atoms. The molecule has 2 aromatic carbocycles. The highest BCUT2D eigenvalue weighted by atomic mass is 19.2. The number of amides is 2. The van der Waals surface area contributed by atoms with E-state index >= 15 is 0 Å². The van der Waals surface area contributed by atoms with E-state index in [0.717, 1.165) is 34.3 Å². The van der Waals surface area contributed by atoms with Gasteiger partial charge in [0.05, 0.1) is 35.4 Å². The number of aromatic amines is 1. The number of nitrogens with zero attached hydrogens (tertiary/aromatic N) is 3. The molecule has 3 heterocycles. The number of nitrogens with one attached hydrogen (secondary N) is 2. The van der Waals surface area contributed by atoms with Crippen molar-refractivity contribution in [2.24, 2.45) is 5.73 Å². The molecular weight excluding hydrogens is 442 g/mol. The van der Waals surface area contributed by atoms with Gasteiger partial charge in [0.1, 0.15) is 5.69 Å². The molecular formula is C24H24F2N6O2. The van der Waals surface area contributed by atoms with Gasteiger partial charge in [0.2, 0.25) is 5.88 Å². The standard InChI is InChI=1S/C24H24F2N6O2/c1-12-4-3-5-14-20(11-28-21(12)14)32-7-6-13(29-24(27)33)8-19(32)22-23(34-2)31-18-10-16(26)15(25)9-17(18)30-22/h3-5,9-11,13,19,28H,6-8H2,1-2H3,(H3,27,29,33). The van der Waals surface area contributed by atoms with E-state index in [0.29, 0.717) is 25.1 Å². The number of ether oxygens (including phenoxy) is 1. The first kappa shape index (κ1) is 21.9. The monoisotopic (exact) mass is 466 g/mol. The number of primary amides is 1. The highest BCUT2D eigenvalue weighted by Gasteiger charge is 2.35. The van der Waals surface area contributed by atoms with E-state index in [1.54, 1.807) is 0 Å². The van der Waals surface area contributed by atoms with Crippen LogP contribution in [0, 0.1) is 18.6 Å². The fourth-order valence-electron chi connectivity index (χ4n) is 4.79. The highest BCUT2D eigenvalue weighted by Crippen LogP contribution is 2.41. The van der Waals surface area contributed by atoms with Crippen molar-refractivity contribution in [3.63, 3.8) is 0 Å². The quantitative estimate of drug-likeness (QED) is 0.420. The van der Waals surface area contributed by atoms with Gasteiger partial charge in [-0.25, -0.2) is 23.5 Å². The van der Waals surface area contributed by atoms with Crippen LogP contribution < -0.4 is 20.7 Å². The first-order valence-electron chi connectivity index (χ1n) is 11.0. The van der Waals surface area contributed by atoms with Crippen LogP contribution in [-0.4, -0.2) is 40.7 Å². The number of H-pyrrole nitrogens is 1. The zero-order valence-electron chi connectivity index (χ0n) is 18.7. The third-order valence-corrected chi connectivity index (χ3v) is 6.37. The summed E-state index contributed by atoms with van der Waals surface area (Å²) in [5.74, 6) is -1.79. The maximum Gasteiger partial charge on any atom is 0.312 e. The van der Waals surface area contributed by atoms with Gasteiger partial charge >= 0.3 is 6.03 Å². The molecule has 1 aliphatic rings. The number of aromatic nitrogens is 3. The van der Waals surface area contributed by atoms with E-state index in [9.17, 15) is 13.6 Å². The van der Waals surface area contributed by atoms with Crippen LogP contribution in [0.4, 0.5) is 19.3 Å². The smallest absolute Gasteiger partial charge is 0.312 e. The van der Waals surface area contributed by atoms with Crippen molar-refractivity contribution in [2.75, 3.05) is 18.6 Å². The van der Waals surface area contributed by atoms with Crippen LogP contribution >= 0.6 is 0 Å². The molecule has 4 N–H and O–H groups in total. The van der Waals surface area contributed by atoms with Gasteiger partial charge in [0.15, 0.2) is 11.6 Å². The molecule has 0 spiro atoms. The van der Waals surface area contributed by atoms with E-state index in [4.69, 9.17) is 10.5 Å². The van der Waals surface area contributed by atoms with Crippen molar-refractivity contribution >= 4 is 33.7 Å². The first-order chi connectivity index (χ1) is 16.4. The number of carbonyl (C=O) groups excluding carboxylic acids is 1. The number of nitrogens with two attached hydrogens (primary N) is 1. The average molecular weight is 466 g/mol. The summed E-state index contributed by atoms with van der Waals surface area (Å²) in [6, 6.07) is 6.94. The Labute approximate surface area is 194 Å². The summed E-state index contributed by atoms with van der Waals surface area (Å²) in [5.41, 5.74) is 9.39. The molecule has 176 valence electrons. The van der Waals surface area contributed by atoms with Crippen molar-refractivity contribution in [3.8, 4) is 5.88 Å². The van der Waals surface area contributed by atoms with Crippen LogP contribution in [0.2, 0.25) is 0 Å². The van der Waals surface area contributed by atoms with E-state index in [2.05, 4.69) is 25.2 Å². The zero-order valence-corrected chi connectivity index (χ0v) is 18.7. The van der Waals surface area contributed by atoms with Crippen molar-refractivity contribution in [1.29, 1.82) is 0 Å². The summed E-state index contributed by atoms with van der Waals surface area (Å²) >= 11 is 0. The number of carbonyl (C=O) groups is 1. The summed E-state index contributed by atoms with van der Waals surface area (Å²) in [4.78, 5) is 26.2. The molecule has 8 nitrogen and oxygen atoms in total. The molecule has 0 radical (unpaired) electrons. The average Bonchev–Trinajstić information content (AvgIpc) is 3.24. The number of methoxy groups -OCH3 is 1. The SMILES string of the molecule is COc1nc2cc(F)c(F)cc2nc1C1CC(NC(N)=O)CCN1c1c[nH]c2c(C)cccc12. The molecule has 5 rings (SSSR count). The Hall–Kier alpha value is -3.95. The molecule has 2 unspecified atom stereocenters. The summed E-state index contributed by atoms with van der Waals surface area (Å²) in [6.45, 7) is 2.63. The lowest BCUT2D eigenvalue weighted by atomic mass is 9.93. The van der Waals surface area contributed by atoms with Crippen LogP contribution in [-0.2, 0) is 0 Å². The van der Waals surface area contributed by atoms with Crippen LogP contribution in [0.3, 0.4) is 0 Å². The molecule has 0 saturated carbocycles. The lowest BCUT2D eigenvalue weighted by Crippen LogP contribution is -2.48. The predicted molar refractivity (Wildman–Crippen MR) is 125 cm³/mol. The number of hydrogen-bond donors (Lipinski definition) is 3. The highest BCUT2D eigenvalue weighted by molar-refractivity contribution is 5.95. The second-order valence-electron chi connectivity index (χ2n) is 8.48. The molecule has 2 aromatic heterocycles. The van der Waals surface area contributed by atoms with Crippen molar-refractivity contribution in [1.82, 2.24) is 20.3 Å². The van der Waals surface area contributed by atoms with E-state index in [-0.39, 0.29) is 29.0 Å². The molecule has 2 atom stereocenters. The summed E-state index contributed by atoms with van der Waals surface area (Å²) in [7, 11) is 1.46. The van der Waals surface area contributed by atoms with Crippen LogP contribution in [0.5, 0.6) is 5.88 Å². The molecule has 1 fully saturated rings. The number of para-hydroxylation sites is 1. The maximum absolute atomic E-state index is 14.0. The normalized spacial score (nSPS) is 18.4. The molecule has 0 aliphatic carbocycles. The summed E-state index contributed by atoms with van der Waals surface area (Å²) in [6.07, 6.45) is 3.09. The van der Waals surface area contributed by atoms with Gasteiger partial charge < -0.3 is 25.7 Å². The Bertz CT molecular complexity index is 1410. The number of piperidine rings is 1. The number of rotatable bonds is 4. The lowest BCUT2D eigenvalue weighted by molar-refractivity contribution is 0.240. The van der Waals surface area contributed by atoms with Crippen LogP contribution in [0.25, 0.3) is 21.9 Å². The van der Waals surface area contributed by atoms with Gasteiger partial charge in [-0.1, -0.05) is 18.2 Å². The lowest BCUT2D eigenvalue weighted by Gasteiger charge is -2.40. The van der Waals surface area contributed by atoms with Gasteiger partial charge in [-0.2, -0.15) is 0 Å². The number of benzene rings is 2. The number of halogens is 2. The largest absolute Gasteiger partial charge is 0.480 e. The molecule has 0 bridgehead atoms. The fourth-order valence-corrected chi connectivity index (χ4v) is 4.79. The topological polar surface area (TPSA) is 109 Å². The molecule has 2 amide bonds. The molecule has 1 aliphatic heterocycles. The second-order valence-corrected chi connectivity index (χ2v) is 8.48. The van der Waals surface area contributed by atoms with E-state index in [1.807, 2.05) is 31.3 Å². The number of hydrogen-bond acceptors (Lipinski definition) is 5. The Kier molecular flexibility index (Phi) is 5.43. The van der Waals surface area contributed by atoms with Crippen LogP contribution in [0.1, 0.15) is 30.1 Å². The van der Waals surface area contributed by atoms with Gasteiger partial charge in [-0.15, -0.1) is 0 Å². The van der Waals surface area contributed by atoms with E-state index in [1.165, 1.54) is 7.11 Å². The fraction of sp³-hybridized carbons (Fsp3) is 0.292. The molecule has 4 aromatic rings. The predicted octanol–water partition coefficient (Wildman–Crippen LogP) is 4.08. The van der Waals surface area contributed by atoms with Gasteiger partial charge in [-0.05, 0) is 25.3 Å². The van der Waals surface area contributed by atoms with Gasteiger partial charge in [-0.3, -0.25) is 0 Å². The number of urea groups is 1. The Morgan fingerprint density at radius 2 is 1.97 bits per heavy atom. The second kappa shape index (κ2) is 8.44. The Morgan fingerprint density at radius 3 is 2.68 bits per heavy atom. The minimum Gasteiger partial charge on any atom is -0.480 e. The summed E-state index contributed by atoms with van der Waals surface area (Å²) in [5, 5.41) is 3.84. The van der Waals surface area contributed by atoms with Crippen molar-refractivity contribution < 1.29 is 18.3 Å². The van der Waals surface area contributed by atoms with Crippen molar-refractivity contribution in [3.05, 3.63) is 59.4 Å². The molecule has 10 heteroatoms. The summed E-state index contributed by atoms with van der Waals surface area (Å²) < 4.78 is 33.3. The third-order valence-electron chi connectivity index (χ3n) is 6.37.